The molecular weight excluding hydrogens is 582 g/mol. The van der Waals surface area contributed by atoms with Crippen LogP contribution in [0.25, 0.3) is 22.3 Å². The summed E-state index contributed by atoms with van der Waals surface area (Å²) in [6.07, 6.45) is 2.52. The van der Waals surface area contributed by atoms with Gasteiger partial charge in [0.15, 0.2) is 5.65 Å². The highest BCUT2D eigenvalue weighted by atomic mass is 19.1. The highest BCUT2D eigenvalue weighted by molar-refractivity contribution is 6.16. The molecule has 1 aliphatic rings. The smallest absolute Gasteiger partial charge is 0.277 e. The standard InChI is InChI=1S/C33H28F2N6O4/c1-41(45-2)30(42)20-5-3-19(4-6-20)28-27-22(13-16-36-29(27)40-39-28)17-21-7-10-25(18-26(21)35)38-32(44)33(14-15-33)31(43)37-24-11-8-23(34)9-12-24/h3-13,16,18H,14-15,17H2,1-2H3,(H,37,43)(H,38,44)(H,36,39,40). The molecule has 3 amide bonds. The molecule has 5 aromatic rings. The van der Waals surface area contributed by atoms with Gasteiger partial charge in [0.2, 0.25) is 11.8 Å². The van der Waals surface area contributed by atoms with E-state index in [1.165, 1.54) is 44.5 Å². The Morgan fingerprint density at radius 3 is 2.22 bits per heavy atom. The lowest BCUT2D eigenvalue weighted by molar-refractivity contribution is -0.131. The second-order valence-electron chi connectivity index (χ2n) is 10.8. The summed E-state index contributed by atoms with van der Waals surface area (Å²) in [4.78, 5) is 47.7. The van der Waals surface area contributed by atoms with Crippen molar-refractivity contribution < 1.29 is 28.0 Å². The van der Waals surface area contributed by atoms with Gasteiger partial charge in [-0.25, -0.2) is 18.8 Å². The van der Waals surface area contributed by atoms with Crippen molar-refractivity contribution in [2.24, 2.45) is 5.41 Å². The SMILES string of the molecule is CON(C)C(=O)c1ccc(-c2n[nH]c3nccc(Cc4ccc(NC(=O)C5(C(=O)Nc6ccc(F)cc6)CC5)cc4F)c23)cc1. The maximum atomic E-state index is 15.4. The number of carbonyl (C=O) groups excluding carboxylic acids is 3. The van der Waals surface area contributed by atoms with Crippen LogP contribution in [0, 0.1) is 17.0 Å². The van der Waals surface area contributed by atoms with Crippen LogP contribution in [0.1, 0.15) is 34.3 Å². The molecule has 12 heteroatoms. The van der Waals surface area contributed by atoms with Crippen LogP contribution in [0.4, 0.5) is 20.2 Å². The summed E-state index contributed by atoms with van der Waals surface area (Å²) in [5.74, 6) is -2.30. The van der Waals surface area contributed by atoms with Gasteiger partial charge < -0.3 is 10.6 Å². The Hall–Kier alpha value is -5.49. The lowest BCUT2D eigenvalue weighted by Gasteiger charge is -2.16. The summed E-state index contributed by atoms with van der Waals surface area (Å²) in [5, 5.41) is 14.5. The molecule has 1 aliphatic carbocycles. The Morgan fingerprint density at radius 1 is 0.911 bits per heavy atom. The summed E-state index contributed by atoms with van der Waals surface area (Å²) in [6, 6.07) is 18.3. The monoisotopic (exact) mass is 610 g/mol. The van der Waals surface area contributed by atoms with Crippen molar-refractivity contribution in [3.05, 3.63) is 107 Å². The van der Waals surface area contributed by atoms with E-state index in [-0.39, 0.29) is 18.0 Å². The molecule has 3 N–H and O–H groups in total. The number of rotatable bonds is 9. The Bertz CT molecular complexity index is 1920. The number of H-pyrrole nitrogens is 1. The summed E-state index contributed by atoms with van der Waals surface area (Å²) in [5.41, 5.74) is 2.79. The second kappa shape index (κ2) is 11.9. The number of benzene rings is 3. The van der Waals surface area contributed by atoms with Gasteiger partial charge in [0.25, 0.3) is 5.91 Å². The number of pyridine rings is 1. The number of carbonyl (C=O) groups is 3. The first kappa shape index (κ1) is 29.6. The third-order valence-electron chi connectivity index (χ3n) is 7.93. The molecule has 0 spiro atoms. The van der Waals surface area contributed by atoms with Crippen molar-refractivity contribution in [1.82, 2.24) is 20.2 Å². The molecule has 3 aromatic carbocycles. The normalized spacial score (nSPS) is 13.3. The number of hydrogen-bond acceptors (Lipinski definition) is 6. The quantitative estimate of drug-likeness (QED) is 0.150. The molecule has 10 nitrogen and oxygen atoms in total. The third kappa shape index (κ3) is 5.87. The Morgan fingerprint density at radius 2 is 1.58 bits per heavy atom. The van der Waals surface area contributed by atoms with Crippen molar-refractivity contribution in [3.8, 4) is 11.3 Å². The molecule has 1 fully saturated rings. The van der Waals surface area contributed by atoms with Crippen molar-refractivity contribution in [3.63, 3.8) is 0 Å². The Balaban J connectivity index is 1.18. The van der Waals surface area contributed by atoms with E-state index < -0.39 is 28.9 Å². The molecule has 228 valence electrons. The molecule has 45 heavy (non-hydrogen) atoms. The number of hydroxylamine groups is 2. The average molecular weight is 611 g/mol. The average Bonchev–Trinajstić information content (AvgIpc) is 3.76. The molecule has 0 atom stereocenters. The van der Waals surface area contributed by atoms with Gasteiger partial charge in [0.1, 0.15) is 22.7 Å². The molecule has 6 rings (SSSR count). The third-order valence-corrected chi connectivity index (χ3v) is 7.93. The first-order valence-electron chi connectivity index (χ1n) is 14.1. The lowest BCUT2D eigenvalue weighted by Crippen LogP contribution is -2.35. The van der Waals surface area contributed by atoms with E-state index >= 15 is 4.39 Å². The van der Waals surface area contributed by atoms with Crippen LogP contribution in [-0.2, 0) is 20.8 Å². The number of amides is 3. The minimum atomic E-state index is -1.27. The molecule has 0 unspecified atom stereocenters. The van der Waals surface area contributed by atoms with Gasteiger partial charge >= 0.3 is 0 Å². The highest BCUT2D eigenvalue weighted by Crippen LogP contribution is 2.47. The predicted octanol–water partition coefficient (Wildman–Crippen LogP) is 5.48. The Labute approximate surface area is 256 Å². The van der Waals surface area contributed by atoms with Gasteiger partial charge in [-0.05, 0) is 78.6 Å². The number of hydrogen-bond donors (Lipinski definition) is 3. The molecule has 0 radical (unpaired) electrons. The fourth-order valence-corrected chi connectivity index (χ4v) is 5.10. The number of nitrogens with one attached hydrogen (secondary N) is 3. The molecule has 1 saturated carbocycles. The van der Waals surface area contributed by atoms with E-state index in [0.717, 1.165) is 16.2 Å². The fraction of sp³-hybridized carbons (Fsp3) is 0.182. The molecule has 2 heterocycles. The number of halogens is 2. The van der Waals surface area contributed by atoms with Crippen LogP contribution in [0.5, 0.6) is 0 Å². The number of fused-ring (bicyclic) bond motifs is 1. The van der Waals surface area contributed by atoms with E-state index in [0.29, 0.717) is 46.4 Å². The first-order chi connectivity index (χ1) is 21.7. The molecule has 2 aromatic heterocycles. The zero-order valence-electron chi connectivity index (χ0n) is 24.4. The van der Waals surface area contributed by atoms with Gasteiger partial charge in [-0.3, -0.25) is 24.3 Å². The molecule has 0 bridgehead atoms. The zero-order chi connectivity index (χ0) is 31.7. The number of aromatic amines is 1. The second-order valence-corrected chi connectivity index (χ2v) is 10.8. The summed E-state index contributed by atoms with van der Waals surface area (Å²) < 4.78 is 28.6. The van der Waals surface area contributed by atoms with Crippen LogP contribution in [0.3, 0.4) is 0 Å². The van der Waals surface area contributed by atoms with Gasteiger partial charge in [-0.2, -0.15) is 5.10 Å². The maximum Gasteiger partial charge on any atom is 0.277 e. The van der Waals surface area contributed by atoms with Gasteiger partial charge in [-0.1, -0.05) is 18.2 Å². The number of aromatic nitrogens is 3. The van der Waals surface area contributed by atoms with Gasteiger partial charge in [0.05, 0.1) is 12.5 Å². The van der Waals surface area contributed by atoms with Crippen molar-refractivity contribution >= 4 is 40.1 Å². The largest absolute Gasteiger partial charge is 0.325 e. The first-order valence-corrected chi connectivity index (χ1v) is 14.1. The van der Waals surface area contributed by atoms with Crippen molar-refractivity contribution in [1.29, 1.82) is 0 Å². The van der Waals surface area contributed by atoms with E-state index in [1.54, 1.807) is 48.7 Å². The van der Waals surface area contributed by atoms with E-state index in [1.807, 2.05) is 0 Å². The van der Waals surface area contributed by atoms with Crippen LogP contribution in [-0.4, -0.2) is 52.1 Å². The van der Waals surface area contributed by atoms with Crippen LogP contribution >= 0.6 is 0 Å². The van der Waals surface area contributed by atoms with Gasteiger partial charge in [0, 0.05) is 42.2 Å². The van der Waals surface area contributed by atoms with Crippen LogP contribution in [0.2, 0.25) is 0 Å². The predicted molar refractivity (Wildman–Crippen MR) is 163 cm³/mol. The number of anilines is 2. The highest BCUT2D eigenvalue weighted by Gasteiger charge is 2.56. The molecule has 0 aliphatic heterocycles. The van der Waals surface area contributed by atoms with E-state index in [4.69, 9.17) is 4.84 Å². The summed E-state index contributed by atoms with van der Waals surface area (Å²) >= 11 is 0. The van der Waals surface area contributed by atoms with E-state index in [2.05, 4.69) is 25.8 Å². The Kier molecular flexibility index (Phi) is 7.81. The van der Waals surface area contributed by atoms with Crippen molar-refractivity contribution in [2.75, 3.05) is 24.8 Å². The lowest BCUT2D eigenvalue weighted by atomic mass is 9.98. The van der Waals surface area contributed by atoms with Gasteiger partial charge in [-0.15, -0.1) is 0 Å². The number of nitrogens with zero attached hydrogens (tertiary/aromatic N) is 3. The van der Waals surface area contributed by atoms with E-state index in [9.17, 15) is 18.8 Å². The minimum absolute atomic E-state index is 0.213. The minimum Gasteiger partial charge on any atom is -0.325 e. The van der Waals surface area contributed by atoms with Crippen molar-refractivity contribution in [2.45, 2.75) is 19.3 Å². The van der Waals surface area contributed by atoms with Crippen LogP contribution in [0.15, 0.2) is 79.0 Å². The summed E-state index contributed by atoms with van der Waals surface area (Å²) in [7, 11) is 2.93. The maximum absolute atomic E-state index is 15.4. The zero-order valence-corrected chi connectivity index (χ0v) is 24.4. The summed E-state index contributed by atoms with van der Waals surface area (Å²) in [6.45, 7) is 0. The molecule has 0 saturated heterocycles. The molecular formula is C33H28F2N6O4. The van der Waals surface area contributed by atoms with Crippen LogP contribution < -0.4 is 10.6 Å². The fourth-order valence-electron chi connectivity index (χ4n) is 5.10. The topological polar surface area (TPSA) is 129 Å².